The van der Waals surface area contributed by atoms with E-state index in [9.17, 15) is 35.3 Å². The van der Waals surface area contributed by atoms with Crippen LogP contribution in [0.4, 0.5) is 17.6 Å². The monoisotopic (exact) mass is 309 g/mol. The van der Waals surface area contributed by atoms with E-state index in [1.54, 1.807) is 0 Å². The van der Waals surface area contributed by atoms with Crippen LogP contribution in [-0.2, 0) is 19.6 Å². The highest BCUT2D eigenvalue weighted by Crippen LogP contribution is 2.40. The normalized spacial score (nSPS) is 14.3. The lowest BCUT2D eigenvalue weighted by Gasteiger charge is -2.28. The molecule has 0 aliphatic heterocycles. The van der Waals surface area contributed by atoms with Gasteiger partial charge in [0.05, 0.1) is 18.4 Å². The lowest BCUT2D eigenvalue weighted by molar-refractivity contribution is -0.177. The molecule has 0 bridgehead atoms. The second kappa shape index (κ2) is 5.23. The van der Waals surface area contributed by atoms with Crippen molar-refractivity contribution in [2.24, 2.45) is 5.41 Å². The lowest BCUT2D eigenvalue weighted by atomic mass is 9.97. The Bertz CT molecular complexity index is 438. The van der Waals surface area contributed by atoms with Crippen LogP contribution in [0.25, 0.3) is 0 Å². The number of alkyl halides is 4. The molecule has 0 radical (unpaired) electrons. The number of ether oxygens (including phenoxy) is 1. The fraction of sp³-hybridized carbons (Fsp3) is 0.889. The molecular weight excluding hydrogens is 296 g/mol. The summed E-state index contributed by atoms with van der Waals surface area (Å²) in [5, 5.41) is -5.76. The van der Waals surface area contributed by atoms with E-state index < -0.39 is 45.7 Å². The van der Waals surface area contributed by atoms with Crippen LogP contribution in [0.15, 0.2) is 0 Å². The topological polar surface area (TPSA) is 83.5 Å². The SMILES string of the molecule is CC(C)(C)C(=O)OCCC(F)(F)C(F)(F)S(=O)(=O)[O-]. The molecule has 0 atom stereocenters. The van der Waals surface area contributed by atoms with E-state index in [2.05, 4.69) is 4.74 Å². The fourth-order valence-electron chi connectivity index (χ4n) is 0.817. The minimum Gasteiger partial charge on any atom is -0.743 e. The molecule has 0 saturated heterocycles. The summed E-state index contributed by atoms with van der Waals surface area (Å²) < 4.78 is 85.7. The number of esters is 1. The summed E-state index contributed by atoms with van der Waals surface area (Å²) in [7, 11) is -6.51. The van der Waals surface area contributed by atoms with Gasteiger partial charge in [0.1, 0.15) is 0 Å². The highest BCUT2D eigenvalue weighted by atomic mass is 32.2. The molecule has 0 unspecified atom stereocenters. The minimum atomic E-state index is -6.51. The Kier molecular flexibility index (Phi) is 4.99. The molecule has 0 aromatic rings. The summed E-state index contributed by atoms with van der Waals surface area (Å²) in [6, 6.07) is 0. The van der Waals surface area contributed by atoms with Gasteiger partial charge in [-0.3, -0.25) is 4.79 Å². The van der Waals surface area contributed by atoms with Gasteiger partial charge >= 0.3 is 17.1 Å². The predicted octanol–water partition coefficient (Wildman–Crippen LogP) is 1.74. The Balaban J connectivity index is 4.70. The highest BCUT2D eigenvalue weighted by Gasteiger charge is 2.61. The molecule has 0 aliphatic carbocycles. The predicted molar refractivity (Wildman–Crippen MR) is 54.6 cm³/mol. The first-order chi connectivity index (χ1) is 8.13. The van der Waals surface area contributed by atoms with Gasteiger partial charge in [-0.1, -0.05) is 0 Å². The standard InChI is InChI=1S/C9H14F4O5S/c1-7(2,3)6(14)18-5-4-8(10,11)9(12,13)19(15,16)17/h4-5H2,1-3H3,(H,15,16,17)/p-1. The first-order valence-corrected chi connectivity index (χ1v) is 6.42. The molecule has 0 heterocycles. The molecule has 19 heavy (non-hydrogen) atoms. The Morgan fingerprint density at radius 3 is 1.89 bits per heavy atom. The number of carbonyl (C=O) groups excluding carboxylic acids is 1. The van der Waals surface area contributed by atoms with Crippen LogP contribution in [0.5, 0.6) is 0 Å². The Labute approximate surface area is 107 Å². The van der Waals surface area contributed by atoms with Gasteiger partial charge < -0.3 is 9.29 Å². The molecule has 0 amide bonds. The van der Waals surface area contributed by atoms with Gasteiger partial charge in [0, 0.05) is 0 Å². The van der Waals surface area contributed by atoms with E-state index in [0.717, 1.165) is 0 Å². The van der Waals surface area contributed by atoms with Crippen LogP contribution in [-0.4, -0.2) is 36.7 Å². The van der Waals surface area contributed by atoms with Crippen molar-refractivity contribution in [3.63, 3.8) is 0 Å². The van der Waals surface area contributed by atoms with Gasteiger partial charge in [0.15, 0.2) is 10.1 Å². The zero-order valence-corrected chi connectivity index (χ0v) is 11.2. The summed E-state index contributed by atoms with van der Waals surface area (Å²) in [6.07, 6.45) is -1.77. The fourth-order valence-corrected chi connectivity index (χ4v) is 1.28. The summed E-state index contributed by atoms with van der Waals surface area (Å²) >= 11 is 0. The van der Waals surface area contributed by atoms with Gasteiger partial charge in [0.2, 0.25) is 0 Å². The Hall–Kier alpha value is -0.900. The highest BCUT2D eigenvalue weighted by molar-refractivity contribution is 7.86. The van der Waals surface area contributed by atoms with Crippen molar-refractivity contribution in [3.05, 3.63) is 0 Å². The largest absolute Gasteiger partial charge is 0.743 e. The summed E-state index contributed by atoms with van der Waals surface area (Å²) in [5.41, 5.74) is -1.03. The third-order valence-electron chi connectivity index (χ3n) is 2.00. The zero-order chi connectivity index (χ0) is 15.7. The smallest absolute Gasteiger partial charge is 0.396 e. The van der Waals surface area contributed by atoms with E-state index in [-0.39, 0.29) is 0 Å². The minimum absolute atomic E-state index is 0.920. The van der Waals surface area contributed by atoms with Crippen LogP contribution in [0.3, 0.4) is 0 Å². The first kappa shape index (κ1) is 18.1. The molecule has 0 aromatic carbocycles. The summed E-state index contributed by atoms with van der Waals surface area (Å²) in [6.45, 7) is 3.09. The second-order valence-electron chi connectivity index (χ2n) is 4.81. The maximum atomic E-state index is 12.9. The maximum absolute atomic E-state index is 12.9. The first-order valence-electron chi connectivity index (χ1n) is 5.01. The number of rotatable bonds is 5. The average molecular weight is 309 g/mol. The molecule has 0 N–H and O–H groups in total. The van der Waals surface area contributed by atoms with Crippen molar-refractivity contribution in [3.8, 4) is 0 Å². The van der Waals surface area contributed by atoms with E-state index in [1.807, 2.05) is 0 Å². The molecule has 10 heteroatoms. The molecule has 0 saturated carbocycles. The number of hydrogen-bond donors (Lipinski definition) is 0. The van der Waals surface area contributed by atoms with Gasteiger partial charge in [-0.25, -0.2) is 8.42 Å². The summed E-state index contributed by atoms with van der Waals surface area (Å²) in [5.74, 6) is -6.04. The van der Waals surface area contributed by atoms with Crippen molar-refractivity contribution < 1.29 is 40.1 Å². The molecule has 0 rings (SSSR count). The molecule has 0 fully saturated rings. The van der Waals surface area contributed by atoms with Crippen LogP contribution in [0, 0.1) is 5.41 Å². The van der Waals surface area contributed by atoms with Crippen LogP contribution in [0.2, 0.25) is 0 Å². The molecule has 114 valence electrons. The van der Waals surface area contributed by atoms with E-state index in [1.165, 1.54) is 20.8 Å². The molecule has 0 spiro atoms. The Morgan fingerprint density at radius 1 is 1.16 bits per heavy atom. The third kappa shape index (κ3) is 4.30. The van der Waals surface area contributed by atoms with Crippen molar-refractivity contribution in [1.82, 2.24) is 0 Å². The molecule has 0 aromatic heterocycles. The van der Waals surface area contributed by atoms with Crippen molar-refractivity contribution in [2.75, 3.05) is 6.61 Å². The van der Waals surface area contributed by atoms with E-state index in [0.29, 0.717) is 0 Å². The third-order valence-corrected chi connectivity index (χ3v) is 2.93. The second-order valence-corrected chi connectivity index (χ2v) is 6.23. The molecular formula is C9H13F4O5S-. The molecule has 0 aliphatic rings. The molecule has 5 nitrogen and oxygen atoms in total. The van der Waals surface area contributed by atoms with Crippen LogP contribution in [0.1, 0.15) is 27.2 Å². The van der Waals surface area contributed by atoms with Crippen molar-refractivity contribution >= 4 is 16.1 Å². The van der Waals surface area contributed by atoms with Crippen molar-refractivity contribution in [2.45, 2.75) is 38.4 Å². The van der Waals surface area contributed by atoms with Gasteiger partial charge in [-0.2, -0.15) is 17.6 Å². The maximum Gasteiger partial charge on any atom is 0.396 e. The van der Waals surface area contributed by atoms with Crippen molar-refractivity contribution in [1.29, 1.82) is 0 Å². The zero-order valence-electron chi connectivity index (χ0n) is 10.4. The Morgan fingerprint density at radius 2 is 1.58 bits per heavy atom. The lowest BCUT2D eigenvalue weighted by Crippen LogP contribution is -2.47. The number of carbonyl (C=O) groups is 1. The van der Waals surface area contributed by atoms with Crippen LogP contribution >= 0.6 is 0 Å². The van der Waals surface area contributed by atoms with Crippen LogP contribution < -0.4 is 0 Å². The van der Waals surface area contributed by atoms with E-state index >= 15 is 0 Å². The number of hydrogen-bond acceptors (Lipinski definition) is 5. The quantitative estimate of drug-likeness (QED) is 0.439. The van der Waals surface area contributed by atoms with E-state index in [4.69, 9.17) is 0 Å². The van der Waals surface area contributed by atoms with Gasteiger partial charge in [-0.15, -0.1) is 0 Å². The average Bonchev–Trinajstić information content (AvgIpc) is 2.13. The van der Waals surface area contributed by atoms with Gasteiger partial charge in [0.25, 0.3) is 0 Å². The number of halogens is 4. The van der Waals surface area contributed by atoms with Gasteiger partial charge in [-0.05, 0) is 20.8 Å². The summed E-state index contributed by atoms with van der Waals surface area (Å²) in [4.78, 5) is 11.2.